The number of nitrogens with zero attached hydrogens (tertiary/aromatic N) is 4. The van der Waals surface area contributed by atoms with E-state index in [1.54, 1.807) is 18.7 Å². The minimum absolute atomic E-state index is 0.102. The molecule has 1 heterocycles. The van der Waals surface area contributed by atoms with Crippen molar-refractivity contribution in [3.63, 3.8) is 0 Å². The first-order valence-corrected chi connectivity index (χ1v) is 21.7. The van der Waals surface area contributed by atoms with E-state index >= 15 is 0 Å². The molecule has 2 atom stereocenters. The number of phosphoric acid groups is 1. The number of nitrogens with one attached hydrogen (secondary N) is 1. The molecule has 1 amide bonds. The van der Waals surface area contributed by atoms with Crippen LogP contribution in [0.2, 0.25) is 0 Å². The van der Waals surface area contributed by atoms with E-state index in [9.17, 15) is 53.5 Å². The summed E-state index contributed by atoms with van der Waals surface area (Å²) in [5.41, 5.74) is 0. The van der Waals surface area contributed by atoms with Crippen molar-refractivity contribution in [3.8, 4) is 142 Å². The second-order valence-corrected chi connectivity index (χ2v) is 14.5. The summed E-state index contributed by atoms with van der Waals surface area (Å²) in [4.78, 5) is 88.2. The number of hydrogen-bond donors (Lipinski definition) is 2. The van der Waals surface area contributed by atoms with Crippen molar-refractivity contribution in [3.05, 3.63) is 0 Å². The third-order valence-corrected chi connectivity index (χ3v) is 8.82. The number of rotatable bonds is 18. The van der Waals surface area contributed by atoms with E-state index in [0.29, 0.717) is 0 Å². The van der Waals surface area contributed by atoms with E-state index in [0.717, 1.165) is 0 Å². The number of ether oxygens (including phenoxy) is 2. The minimum atomic E-state index is -4.93. The molecule has 1 saturated heterocycles. The average Bonchev–Trinajstić information content (AvgIpc) is 3.30. The predicted octanol–water partition coefficient (Wildman–Crippen LogP) is -6.76. The first-order chi connectivity index (χ1) is 33.6. The number of esters is 2. The third kappa shape index (κ3) is 34.8. The Bertz CT molecular complexity index is 2730. The molecule has 70 heavy (non-hydrogen) atoms. The fourth-order valence-electron chi connectivity index (χ4n) is 4.88. The standard InChI is InChI=1S/C49H44N5O15P/c1-3-5-7-9-11-13-15-17-19-21-23-25-48(62)66-41-43(69-49(63)26-24-22-20-18-16-14-12-10-8-6-4-2)42-68-70(64,65)67-36-27-50-44(55)37-51-28-30-52(38-45(56)57)32-34-54(40-47(60)61)35-33-53(31-29-51)39-46(58)59/h43H,27-42H2,1-2H3,(H,50,55)(H,56,57)(H,58,59)(H,60,61)(H,64,65)/p-3. The van der Waals surface area contributed by atoms with Crippen molar-refractivity contribution < 1.29 is 72.1 Å². The van der Waals surface area contributed by atoms with Gasteiger partial charge in [0.1, 0.15) is 6.61 Å². The molecular weight excluding hydrogens is 930 g/mol. The SMILES string of the molecule is CC#CC#CC#CC#CC#CC#CC(=O)OCC(COP(=O)(O)OCCNC(=O)CN1CCN(CC(=O)[O-])CCN(CC(=O)[O-])CCN(CC(=O)[O-])CC1)OC(=O)C#CC#CC#CC#CC#CC#CC. The molecule has 0 aromatic rings. The molecule has 1 fully saturated rings. The maximum Gasteiger partial charge on any atom is 0.472 e. The molecule has 1 aliphatic rings. The Morgan fingerprint density at radius 2 is 0.857 bits per heavy atom. The highest BCUT2D eigenvalue weighted by molar-refractivity contribution is 7.47. The van der Waals surface area contributed by atoms with Gasteiger partial charge in [0.25, 0.3) is 0 Å². The van der Waals surface area contributed by atoms with Crippen LogP contribution in [0.4, 0.5) is 0 Å². The van der Waals surface area contributed by atoms with Crippen LogP contribution in [0.25, 0.3) is 0 Å². The van der Waals surface area contributed by atoms with Crippen molar-refractivity contribution in [2.24, 2.45) is 0 Å². The van der Waals surface area contributed by atoms with Gasteiger partial charge in [0.2, 0.25) is 5.91 Å². The Morgan fingerprint density at radius 1 is 0.514 bits per heavy atom. The lowest BCUT2D eigenvalue weighted by Crippen LogP contribution is -2.52. The number of amides is 1. The van der Waals surface area contributed by atoms with Gasteiger partial charge in [-0.15, -0.1) is 0 Å². The molecule has 360 valence electrons. The van der Waals surface area contributed by atoms with Crippen LogP contribution in [0.15, 0.2) is 0 Å². The summed E-state index contributed by atoms with van der Waals surface area (Å²) < 4.78 is 32.7. The van der Waals surface area contributed by atoms with Crippen LogP contribution >= 0.6 is 7.82 Å². The topological polar surface area (TPSA) is 271 Å². The number of carbonyl (C=O) groups is 6. The van der Waals surface area contributed by atoms with Gasteiger partial charge in [-0.05, 0) is 132 Å². The van der Waals surface area contributed by atoms with Gasteiger partial charge < -0.3 is 49.4 Å². The van der Waals surface area contributed by atoms with Crippen molar-refractivity contribution in [2.45, 2.75) is 20.0 Å². The number of carboxylic acids is 3. The first kappa shape index (κ1) is 59.5. The molecule has 1 aliphatic heterocycles. The zero-order chi connectivity index (χ0) is 51.7. The lowest BCUT2D eigenvalue weighted by molar-refractivity contribution is -0.308. The normalized spacial score (nSPS) is 13.4. The predicted molar refractivity (Wildman–Crippen MR) is 241 cm³/mol. The molecular formula is C49H41N5O15P-3. The second-order valence-electron chi connectivity index (χ2n) is 13.0. The van der Waals surface area contributed by atoms with Crippen molar-refractivity contribution in [1.29, 1.82) is 0 Å². The summed E-state index contributed by atoms with van der Waals surface area (Å²) in [7, 11) is -4.93. The highest BCUT2D eigenvalue weighted by Crippen LogP contribution is 2.43. The monoisotopic (exact) mass is 970 g/mol. The van der Waals surface area contributed by atoms with Gasteiger partial charge in [-0.25, -0.2) is 14.2 Å². The molecule has 0 aliphatic carbocycles. The highest BCUT2D eigenvalue weighted by atomic mass is 31.2. The molecule has 1 rings (SSSR count). The summed E-state index contributed by atoms with van der Waals surface area (Å²) in [6.45, 7) is -0.138. The van der Waals surface area contributed by atoms with Gasteiger partial charge in [0, 0.05) is 90.4 Å². The summed E-state index contributed by atoms with van der Waals surface area (Å²) in [5.74, 6) is 49.7. The van der Waals surface area contributed by atoms with Crippen LogP contribution in [0, 0.1) is 142 Å². The quantitative estimate of drug-likeness (QED) is 0.0425. The smallest absolute Gasteiger partial charge is 0.472 e. The molecule has 0 bridgehead atoms. The number of carbonyl (C=O) groups excluding carboxylic acids is 6. The van der Waals surface area contributed by atoms with E-state index in [1.165, 1.54) is 14.7 Å². The minimum Gasteiger partial charge on any atom is -0.549 e. The lowest BCUT2D eigenvalue weighted by Gasteiger charge is -2.34. The Hall–Kier alpha value is -8.51. The molecule has 2 N–H and O–H groups in total. The number of carboxylic acid groups (broad SMARTS) is 3. The zero-order valence-corrected chi connectivity index (χ0v) is 38.7. The lowest BCUT2D eigenvalue weighted by atomic mass is 10.3. The van der Waals surface area contributed by atoms with Gasteiger partial charge in [0.05, 0.1) is 37.7 Å². The van der Waals surface area contributed by atoms with E-state index in [1.807, 2.05) is 11.8 Å². The number of hydrogen-bond acceptors (Lipinski definition) is 18. The largest absolute Gasteiger partial charge is 0.549 e. The van der Waals surface area contributed by atoms with E-state index in [-0.39, 0.29) is 65.4 Å². The van der Waals surface area contributed by atoms with E-state index in [2.05, 4.69) is 136 Å². The van der Waals surface area contributed by atoms with Crippen LogP contribution in [-0.2, 0) is 51.9 Å². The zero-order valence-electron chi connectivity index (χ0n) is 37.8. The fourth-order valence-corrected chi connectivity index (χ4v) is 5.63. The van der Waals surface area contributed by atoms with Crippen molar-refractivity contribution in [1.82, 2.24) is 24.9 Å². The Morgan fingerprint density at radius 3 is 1.23 bits per heavy atom. The molecule has 21 heteroatoms. The molecule has 0 saturated carbocycles. The first-order valence-electron chi connectivity index (χ1n) is 20.2. The van der Waals surface area contributed by atoms with Gasteiger partial charge in [-0.3, -0.25) is 33.4 Å². The van der Waals surface area contributed by atoms with Gasteiger partial charge in [0.15, 0.2) is 6.10 Å². The van der Waals surface area contributed by atoms with Crippen LogP contribution < -0.4 is 20.6 Å². The van der Waals surface area contributed by atoms with Gasteiger partial charge in [-0.1, -0.05) is 11.8 Å². The van der Waals surface area contributed by atoms with Crippen LogP contribution in [0.3, 0.4) is 0 Å². The number of phosphoric ester groups is 1. The Kier molecular flexibility index (Phi) is 31.9. The maximum absolute atomic E-state index is 12.9. The highest BCUT2D eigenvalue weighted by Gasteiger charge is 2.26. The molecule has 0 spiro atoms. The third-order valence-electron chi connectivity index (χ3n) is 7.84. The summed E-state index contributed by atoms with van der Waals surface area (Å²) in [6.07, 6.45) is -1.55. The van der Waals surface area contributed by atoms with E-state index in [4.69, 9.17) is 18.5 Å². The molecule has 0 aromatic carbocycles. The van der Waals surface area contributed by atoms with Gasteiger partial charge >= 0.3 is 19.8 Å². The van der Waals surface area contributed by atoms with Crippen LogP contribution in [0.5, 0.6) is 0 Å². The fraction of sp³-hybridized carbons (Fsp3) is 0.388. The van der Waals surface area contributed by atoms with Crippen molar-refractivity contribution in [2.75, 3.05) is 105 Å². The number of aliphatic carboxylic acids is 3. The van der Waals surface area contributed by atoms with Crippen molar-refractivity contribution >= 4 is 43.6 Å². The van der Waals surface area contributed by atoms with Gasteiger partial charge in [-0.2, -0.15) is 0 Å². The summed E-state index contributed by atoms with van der Waals surface area (Å²) in [6, 6.07) is 0. The molecule has 0 aromatic heterocycles. The summed E-state index contributed by atoms with van der Waals surface area (Å²) in [5, 5.41) is 36.7. The average molecular weight is 971 g/mol. The summed E-state index contributed by atoms with van der Waals surface area (Å²) >= 11 is 0. The molecule has 20 nitrogen and oxygen atoms in total. The Labute approximate surface area is 406 Å². The van der Waals surface area contributed by atoms with E-state index < -0.39 is 89.1 Å². The Balaban J connectivity index is 2.98. The maximum atomic E-state index is 12.9. The molecule has 0 radical (unpaired) electrons. The second kappa shape index (κ2) is 37.6. The molecule has 2 unspecified atom stereocenters. The van der Waals surface area contributed by atoms with Crippen LogP contribution in [-0.4, -0.2) is 171 Å². The van der Waals surface area contributed by atoms with Crippen LogP contribution in [0.1, 0.15) is 13.8 Å².